The molecule has 2 aromatic heterocycles. The maximum absolute atomic E-state index is 5.54. The molecule has 0 bridgehead atoms. The number of aromatic nitrogens is 2. The van der Waals surface area contributed by atoms with Crippen molar-refractivity contribution in [1.82, 2.24) is 9.97 Å². The molecule has 0 radical (unpaired) electrons. The lowest BCUT2D eigenvalue weighted by Gasteiger charge is -1.99. The number of aromatic amines is 1. The minimum Gasteiger partial charge on any atom is -0.497 e. The number of methoxy groups -OCH3 is 1. The molecule has 4 nitrogen and oxygen atoms in total. The number of oxazole rings is 1. The molecule has 0 spiro atoms. The number of ether oxygens (including phenoxy) is 1. The maximum atomic E-state index is 5.54. The molecule has 2 heterocycles. The number of rotatable bonds is 2. The van der Waals surface area contributed by atoms with Crippen LogP contribution >= 0.6 is 0 Å². The van der Waals surface area contributed by atoms with Gasteiger partial charge in [0.1, 0.15) is 5.75 Å². The van der Waals surface area contributed by atoms with Crippen LogP contribution < -0.4 is 4.74 Å². The number of aryl methyl sites for hydroxylation is 1. The molecule has 17 heavy (non-hydrogen) atoms. The topological polar surface area (TPSA) is 51.0 Å². The quantitative estimate of drug-likeness (QED) is 0.733. The van der Waals surface area contributed by atoms with Crippen LogP contribution in [0.1, 0.15) is 5.89 Å². The molecule has 3 aromatic rings. The van der Waals surface area contributed by atoms with Gasteiger partial charge in [-0.3, -0.25) is 0 Å². The van der Waals surface area contributed by atoms with Crippen LogP contribution in [0.5, 0.6) is 5.75 Å². The maximum Gasteiger partial charge on any atom is 0.191 e. The zero-order chi connectivity index (χ0) is 11.8. The first kappa shape index (κ1) is 9.96. The fourth-order valence-electron chi connectivity index (χ4n) is 1.92. The number of benzene rings is 1. The van der Waals surface area contributed by atoms with Crippen molar-refractivity contribution in [3.05, 3.63) is 36.5 Å². The first-order chi connectivity index (χ1) is 8.28. The van der Waals surface area contributed by atoms with Crippen LogP contribution in [0.2, 0.25) is 0 Å². The van der Waals surface area contributed by atoms with Crippen LogP contribution in [-0.4, -0.2) is 17.1 Å². The Labute approximate surface area is 98.2 Å². The van der Waals surface area contributed by atoms with Crippen molar-refractivity contribution in [3.8, 4) is 17.1 Å². The standard InChI is InChI=1S/C13H12N2O2/c1-8-14-7-13(17-8)11-6-15-12-4-3-9(16-2)5-10(11)12/h3-7,15H,1-2H3. The van der Waals surface area contributed by atoms with E-state index in [0.717, 1.165) is 28.0 Å². The van der Waals surface area contributed by atoms with E-state index in [0.29, 0.717) is 5.89 Å². The van der Waals surface area contributed by atoms with Crippen LogP contribution in [0.4, 0.5) is 0 Å². The van der Waals surface area contributed by atoms with Gasteiger partial charge in [-0.1, -0.05) is 0 Å². The minimum atomic E-state index is 0.664. The SMILES string of the molecule is COc1ccc2[nH]cc(-c3cnc(C)o3)c2c1. The largest absolute Gasteiger partial charge is 0.497 e. The van der Waals surface area contributed by atoms with Crippen molar-refractivity contribution in [1.29, 1.82) is 0 Å². The van der Waals surface area contributed by atoms with E-state index in [2.05, 4.69) is 9.97 Å². The monoisotopic (exact) mass is 228 g/mol. The molecule has 0 saturated carbocycles. The van der Waals surface area contributed by atoms with Gasteiger partial charge in [-0.25, -0.2) is 4.98 Å². The zero-order valence-electron chi connectivity index (χ0n) is 9.65. The zero-order valence-corrected chi connectivity index (χ0v) is 9.65. The molecule has 0 atom stereocenters. The summed E-state index contributed by atoms with van der Waals surface area (Å²) in [4.78, 5) is 7.31. The number of nitrogens with zero attached hydrogens (tertiary/aromatic N) is 1. The highest BCUT2D eigenvalue weighted by Crippen LogP contribution is 2.31. The molecule has 3 rings (SSSR count). The third-order valence-electron chi connectivity index (χ3n) is 2.78. The predicted octanol–water partition coefficient (Wildman–Crippen LogP) is 3.14. The van der Waals surface area contributed by atoms with E-state index in [1.165, 1.54) is 0 Å². The smallest absolute Gasteiger partial charge is 0.191 e. The molecule has 0 unspecified atom stereocenters. The van der Waals surface area contributed by atoms with Crippen molar-refractivity contribution < 1.29 is 9.15 Å². The minimum absolute atomic E-state index is 0.664. The second kappa shape index (κ2) is 3.66. The van der Waals surface area contributed by atoms with Crippen molar-refractivity contribution in [2.75, 3.05) is 7.11 Å². The van der Waals surface area contributed by atoms with Gasteiger partial charge in [-0.2, -0.15) is 0 Å². The van der Waals surface area contributed by atoms with Crippen molar-refractivity contribution in [2.24, 2.45) is 0 Å². The van der Waals surface area contributed by atoms with E-state index in [-0.39, 0.29) is 0 Å². The van der Waals surface area contributed by atoms with Gasteiger partial charge in [0, 0.05) is 29.6 Å². The third kappa shape index (κ3) is 1.58. The molecule has 0 amide bonds. The van der Waals surface area contributed by atoms with Gasteiger partial charge in [-0.15, -0.1) is 0 Å². The number of H-pyrrole nitrogens is 1. The van der Waals surface area contributed by atoms with Crippen LogP contribution in [-0.2, 0) is 0 Å². The van der Waals surface area contributed by atoms with Gasteiger partial charge in [0.2, 0.25) is 0 Å². The lowest BCUT2D eigenvalue weighted by Crippen LogP contribution is -1.81. The second-order valence-corrected chi connectivity index (χ2v) is 3.86. The first-order valence-electron chi connectivity index (χ1n) is 5.36. The van der Waals surface area contributed by atoms with Gasteiger partial charge in [0.15, 0.2) is 11.7 Å². The van der Waals surface area contributed by atoms with E-state index in [9.17, 15) is 0 Å². The molecule has 0 fully saturated rings. The van der Waals surface area contributed by atoms with E-state index in [1.807, 2.05) is 31.3 Å². The van der Waals surface area contributed by atoms with Crippen LogP contribution in [0.3, 0.4) is 0 Å². The summed E-state index contributed by atoms with van der Waals surface area (Å²) >= 11 is 0. The lowest BCUT2D eigenvalue weighted by atomic mass is 10.1. The normalized spacial score (nSPS) is 10.9. The summed E-state index contributed by atoms with van der Waals surface area (Å²) in [5.41, 5.74) is 2.05. The Morgan fingerprint density at radius 3 is 2.94 bits per heavy atom. The average Bonchev–Trinajstić information content (AvgIpc) is 2.93. The van der Waals surface area contributed by atoms with Crippen molar-refractivity contribution >= 4 is 10.9 Å². The summed E-state index contributed by atoms with van der Waals surface area (Å²) in [5, 5.41) is 1.07. The fourth-order valence-corrected chi connectivity index (χ4v) is 1.92. The molecule has 0 aliphatic rings. The van der Waals surface area contributed by atoms with Gasteiger partial charge < -0.3 is 14.1 Å². The average molecular weight is 228 g/mol. The van der Waals surface area contributed by atoms with E-state index in [1.54, 1.807) is 13.3 Å². The molecule has 1 aromatic carbocycles. The number of nitrogens with one attached hydrogen (secondary N) is 1. The van der Waals surface area contributed by atoms with Gasteiger partial charge in [0.25, 0.3) is 0 Å². The Hall–Kier alpha value is -2.23. The van der Waals surface area contributed by atoms with Gasteiger partial charge >= 0.3 is 0 Å². The number of hydrogen-bond donors (Lipinski definition) is 1. The summed E-state index contributed by atoms with van der Waals surface area (Å²) in [6.45, 7) is 1.83. The Morgan fingerprint density at radius 1 is 1.35 bits per heavy atom. The summed E-state index contributed by atoms with van der Waals surface area (Å²) in [6, 6.07) is 5.90. The molecule has 86 valence electrons. The summed E-state index contributed by atoms with van der Waals surface area (Å²) in [6.07, 6.45) is 3.65. The molecule has 4 heteroatoms. The predicted molar refractivity (Wildman–Crippen MR) is 65.1 cm³/mol. The van der Waals surface area contributed by atoms with Gasteiger partial charge in [-0.05, 0) is 18.2 Å². The lowest BCUT2D eigenvalue weighted by molar-refractivity contribution is 0.415. The first-order valence-corrected chi connectivity index (χ1v) is 5.36. The second-order valence-electron chi connectivity index (χ2n) is 3.86. The highest BCUT2D eigenvalue weighted by Gasteiger charge is 2.10. The van der Waals surface area contributed by atoms with Crippen LogP contribution in [0, 0.1) is 6.92 Å². The molecule has 1 N–H and O–H groups in total. The van der Waals surface area contributed by atoms with E-state index in [4.69, 9.17) is 9.15 Å². The molecule has 0 aliphatic carbocycles. The Morgan fingerprint density at radius 2 is 2.24 bits per heavy atom. The number of fused-ring (bicyclic) bond motifs is 1. The highest BCUT2D eigenvalue weighted by molar-refractivity contribution is 5.94. The van der Waals surface area contributed by atoms with E-state index < -0.39 is 0 Å². The Balaban J connectivity index is 2.22. The van der Waals surface area contributed by atoms with Crippen molar-refractivity contribution in [2.45, 2.75) is 6.92 Å². The summed E-state index contributed by atoms with van der Waals surface area (Å²) in [7, 11) is 1.66. The summed E-state index contributed by atoms with van der Waals surface area (Å²) < 4.78 is 10.8. The summed E-state index contributed by atoms with van der Waals surface area (Å²) in [5.74, 6) is 2.26. The number of hydrogen-bond acceptors (Lipinski definition) is 3. The third-order valence-corrected chi connectivity index (χ3v) is 2.78. The highest BCUT2D eigenvalue weighted by atomic mass is 16.5. The Bertz CT molecular complexity index is 667. The van der Waals surface area contributed by atoms with Gasteiger partial charge in [0.05, 0.1) is 13.3 Å². The Kier molecular flexibility index (Phi) is 2.14. The van der Waals surface area contributed by atoms with Crippen LogP contribution in [0.25, 0.3) is 22.2 Å². The molecule has 0 aliphatic heterocycles. The van der Waals surface area contributed by atoms with Crippen LogP contribution in [0.15, 0.2) is 35.0 Å². The molecular formula is C13H12N2O2. The van der Waals surface area contributed by atoms with E-state index >= 15 is 0 Å². The molecule has 0 saturated heterocycles. The molecular weight excluding hydrogens is 216 g/mol. The fraction of sp³-hybridized carbons (Fsp3) is 0.154. The van der Waals surface area contributed by atoms with Crippen molar-refractivity contribution in [3.63, 3.8) is 0 Å².